The minimum atomic E-state index is 0.762. The van der Waals surface area contributed by atoms with Crippen molar-refractivity contribution in [2.24, 2.45) is 0 Å². The molecule has 2 N–H and O–H groups in total. The molecule has 0 aliphatic carbocycles. The molecule has 3 aromatic heterocycles. The Hall–Kier alpha value is -3.48. The van der Waals surface area contributed by atoms with Crippen LogP contribution in [0.25, 0.3) is 21.8 Å². The van der Waals surface area contributed by atoms with E-state index in [9.17, 15) is 0 Å². The molecule has 6 nitrogen and oxygen atoms in total. The van der Waals surface area contributed by atoms with Crippen LogP contribution in [0.5, 0.6) is 0 Å². The Balaban J connectivity index is 1.17. The van der Waals surface area contributed by atoms with Crippen LogP contribution in [0.15, 0.2) is 73.3 Å². The number of nitrogens with zero attached hydrogens (tertiary/aromatic N) is 4. The van der Waals surface area contributed by atoms with Crippen LogP contribution in [0.4, 0.5) is 0 Å². The predicted molar refractivity (Wildman–Crippen MR) is 129 cm³/mol. The van der Waals surface area contributed by atoms with Gasteiger partial charge in [0.25, 0.3) is 0 Å². The standard InChI is InChI=1S/C26H28N6/c1-31(15-19-11-29-25-9-5-3-7-23(19)25)17-21-13-28-22(14-27-21)18-32(2)16-20-12-30-26-10-6-4-8-24(20)26/h3-14,29-30H,15-18H2,1-2H3. The molecule has 0 spiro atoms. The normalized spacial score (nSPS) is 11.9. The second kappa shape index (κ2) is 8.94. The first-order chi connectivity index (χ1) is 15.7. The van der Waals surface area contributed by atoms with Gasteiger partial charge < -0.3 is 9.97 Å². The third kappa shape index (κ3) is 4.42. The fraction of sp³-hybridized carbons (Fsp3) is 0.231. The van der Waals surface area contributed by atoms with Gasteiger partial charge in [-0.15, -0.1) is 0 Å². The fourth-order valence-corrected chi connectivity index (χ4v) is 4.32. The number of aromatic nitrogens is 4. The van der Waals surface area contributed by atoms with Crippen molar-refractivity contribution in [3.8, 4) is 0 Å². The molecule has 0 saturated heterocycles. The molecule has 162 valence electrons. The number of rotatable bonds is 8. The lowest BCUT2D eigenvalue weighted by Crippen LogP contribution is -2.20. The molecule has 0 amide bonds. The largest absolute Gasteiger partial charge is 0.361 e. The summed E-state index contributed by atoms with van der Waals surface area (Å²) in [4.78, 5) is 20.6. The zero-order valence-corrected chi connectivity index (χ0v) is 18.5. The summed E-state index contributed by atoms with van der Waals surface area (Å²) in [6.45, 7) is 3.25. The molecule has 0 saturated carbocycles. The van der Waals surface area contributed by atoms with Crippen molar-refractivity contribution >= 4 is 21.8 Å². The number of benzene rings is 2. The highest BCUT2D eigenvalue weighted by Crippen LogP contribution is 2.20. The van der Waals surface area contributed by atoms with Crippen LogP contribution >= 0.6 is 0 Å². The Bertz CT molecular complexity index is 1210. The highest BCUT2D eigenvalue weighted by atomic mass is 15.1. The topological polar surface area (TPSA) is 63.8 Å². The number of fused-ring (bicyclic) bond motifs is 2. The monoisotopic (exact) mass is 424 g/mol. The van der Waals surface area contributed by atoms with Gasteiger partial charge in [-0.3, -0.25) is 19.8 Å². The van der Waals surface area contributed by atoms with E-state index in [-0.39, 0.29) is 0 Å². The summed E-state index contributed by atoms with van der Waals surface area (Å²) >= 11 is 0. The molecule has 0 atom stereocenters. The molecular weight excluding hydrogens is 396 g/mol. The molecule has 5 rings (SSSR count). The summed E-state index contributed by atoms with van der Waals surface area (Å²) < 4.78 is 0. The minimum Gasteiger partial charge on any atom is -0.361 e. The molecule has 5 aromatic rings. The number of nitrogens with one attached hydrogen (secondary N) is 2. The van der Waals surface area contributed by atoms with E-state index in [4.69, 9.17) is 0 Å². The lowest BCUT2D eigenvalue weighted by Gasteiger charge is -2.17. The van der Waals surface area contributed by atoms with Crippen molar-refractivity contribution in [3.05, 3.63) is 95.8 Å². The number of H-pyrrole nitrogens is 2. The van der Waals surface area contributed by atoms with E-state index in [1.165, 1.54) is 32.9 Å². The maximum atomic E-state index is 4.67. The summed E-state index contributed by atoms with van der Waals surface area (Å²) in [6.07, 6.45) is 8.00. The number of hydrogen-bond donors (Lipinski definition) is 2. The molecular formula is C26H28N6. The molecule has 0 aliphatic heterocycles. The van der Waals surface area contributed by atoms with Gasteiger partial charge in [0.1, 0.15) is 0 Å². The van der Waals surface area contributed by atoms with Gasteiger partial charge in [0.2, 0.25) is 0 Å². The summed E-state index contributed by atoms with van der Waals surface area (Å²) in [5.74, 6) is 0. The van der Waals surface area contributed by atoms with Crippen LogP contribution in [0.2, 0.25) is 0 Å². The van der Waals surface area contributed by atoms with Gasteiger partial charge in [-0.1, -0.05) is 36.4 Å². The molecule has 0 unspecified atom stereocenters. The summed E-state index contributed by atoms with van der Waals surface area (Å²) in [6, 6.07) is 16.8. The summed E-state index contributed by atoms with van der Waals surface area (Å²) in [7, 11) is 4.23. The highest BCUT2D eigenvalue weighted by molar-refractivity contribution is 5.83. The first-order valence-corrected chi connectivity index (χ1v) is 10.9. The second-order valence-electron chi connectivity index (χ2n) is 8.56. The first-order valence-electron chi connectivity index (χ1n) is 10.9. The maximum absolute atomic E-state index is 4.67. The Labute approximate surface area is 187 Å². The van der Waals surface area contributed by atoms with E-state index in [1.54, 1.807) is 0 Å². The lowest BCUT2D eigenvalue weighted by molar-refractivity contribution is 0.310. The smallest absolute Gasteiger partial charge is 0.0727 e. The summed E-state index contributed by atoms with van der Waals surface area (Å²) in [5.41, 5.74) is 6.91. The van der Waals surface area contributed by atoms with Gasteiger partial charge in [0.15, 0.2) is 0 Å². The maximum Gasteiger partial charge on any atom is 0.0727 e. The number of hydrogen-bond acceptors (Lipinski definition) is 4. The van der Waals surface area contributed by atoms with Gasteiger partial charge in [0.05, 0.1) is 23.8 Å². The van der Waals surface area contributed by atoms with Gasteiger partial charge in [-0.2, -0.15) is 0 Å². The SMILES string of the molecule is CN(Cc1cnc(CN(C)Cc2c[nH]c3ccccc23)cn1)Cc1c[nH]c2ccccc12. The zero-order chi connectivity index (χ0) is 21.9. The Morgan fingerprint density at radius 2 is 1.06 bits per heavy atom. The van der Waals surface area contributed by atoms with Crippen LogP contribution in [0.3, 0.4) is 0 Å². The van der Waals surface area contributed by atoms with E-state index in [0.717, 1.165) is 37.6 Å². The molecule has 6 heteroatoms. The minimum absolute atomic E-state index is 0.762. The Morgan fingerprint density at radius 1 is 0.625 bits per heavy atom. The number of para-hydroxylation sites is 2. The van der Waals surface area contributed by atoms with Crippen molar-refractivity contribution in [2.75, 3.05) is 14.1 Å². The second-order valence-corrected chi connectivity index (χ2v) is 8.56. The third-order valence-electron chi connectivity index (χ3n) is 5.85. The summed E-state index contributed by atoms with van der Waals surface area (Å²) in [5, 5.41) is 2.55. The van der Waals surface area contributed by atoms with Gasteiger partial charge in [-0.05, 0) is 37.4 Å². The average molecular weight is 425 g/mol. The van der Waals surface area contributed by atoms with Crippen molar-refractivity contribution in [2.45, 2.75) is 26.2 Å². The Morgan fingerprint density at radius 3 is 1.50 bits per heavy atom. The highest BCUT2D eigenvalue weighted by Gasteiger charge is 2.10. The zero-order valence-electron chi connectivity index (χ0n) is 18.5. The molecule has 3 heterocycles. The molecule has 0 aliphatic rings. The first kappa shape index (κ1) is 20.4. The van der Waals surface area contributed by atoms with E-state index < -0.39 is 0 Å². The molecule has 2 aromatic carbocycles. The van der Waals surface area contributed by atoms with Gasteiger partial charge in [0, 0.05) is 60.4 Å². The van der Waals surface area contributed by atoms with Gasteiger partial charge in [-0.25, -0.2) is 0 Å². The third-order valence-corrected chi connectivity index (χ3v) is 5.85. The van der Waals surface area contributed by atoms with E-state index in [1.807, 2.05) is 12.4 Å². The van der Waals surface area contributed by atoms with Crippen molar-refractivity contribution < 1.29 is 0 Å². The molecule has 0 bridgehead atoms. The molecule has 0 fully saturated rings. The van der Waals surface area contributed by atoms with Crippen LogP contribution in [-0.2, 0) is 26.2 Å². The number of aromatic amines is 2. The van der Waals surface area contributed by atoms with E-state index >= 15 is 0 Å². The van der Waals surface area contributed by atoms with Crippen LogP contribution < -0.4 is 0 Å². The van der Waals surface area contributed by atoms with Crippen LogP contribution in [-0.4, -0.2) is 43.8 Å². The lowest BCUT2D eigenvalue weighted by atomic mass is 10.1. The van der Waals surface area contributed by atoms with Gasteiger partial charge >= 0.3 is 0 Å². The van der Waals surface area contributed by atoms with E-state index in [0.29, 0.717) is 0 Å². The fourth-order valence-electron chi connectivity index (χ4n) is 4.32. The average Bonchev–Trinajstić information content (AvgIpc) is 3.40. The van der Waals surface area contributed by atoms with Crippen molar-refractivity contribution in [1.82, 2.24) is 29.7 Å². The van der Waals surface area contributed by atoms with Crippen LogP contribution in [0.1, 0.15) is 22.5 Å². The van der Waals surface area contributed by atoms with Crippen LogP contribution in [0, 0.1) is 0 Å². The predicted octanol–water partition coefficient (Wildman–Crippen LogP) is 4.70. The van der Waals surface area contributed by atoms with Crippen molar-refractivity contribution in [1.29, 1.82) is 0 Å². The molecule has 0 radical (unpaired) electrons. The Kier molecular flexibility index (Phi) is 5.71. The quantitative estimate of drug-likeness (QED) is 0.379. The van der Waals surface area contributed by atoms with Crippen molar-refractivity contribution in [3.63, 3.8) is 0 Å². The van der Waals surface area contributed by atoms with E-state index in [2.05, 4.69) is 105 Å². The molecule has 32 heavy (non-hydrogen) atoms.